The van der Waals surface area contributed by atoms with E-state index in [1.807, 2.05) is 6.92 Å². The topological polar surface area (TPSA) is 47.3 Å². The summed E-state index contributed by atoms with van der Waals surface area (Å²) in [5.41, 5.74) is 1.23. The molecule has 0 amide bonds. The van der Waals surface area contributed by atoms with Crippen LogP contribution in [0.15, 0.2) is 22.7 Å². The zero-order valence-corrected chi connectivity index (χ0v) is 12.1. The van der Waals surface area contributed by atoms with E-state index in [9.17, 15) is 8.78 Å². The highest BCUT2D eigenvalue weighted by atomic mass is 19.1. The smallest absolute Gasteiger partial charge is 0.191 e. The maximum absolute atomic E-state index is 13.9. The predicted octanol–water partition coefficient (Wildman–Crippen LogP) is 3.34. The van der Waals surface area contributed by atoms with Crippen LogP contribution in [-0.2, 0) is 13.2 Å². The van der Waals surface area contributed by atoms with Crippen LogP contribution in [0, 0.1) is 18.6 Å². The van der Waals surface area contributed by atoms with Crippen LogP contribution < -0.4 is 10.1 Å². The molecule has 0 atom stereocenters. The Hall–Kier alpha value is -1.95. The lowest BCUT2D eigenvalue weighted by Crippen LogP contribution is -2.14. The van der Waals surface area contributed by atoms with E-state index in [1.165, 1.54) is 12.1 Å². The summed E-state index contributed by atoms with van der Waals surface area (Å²) in [7, 11) is 0. The number of benzene rings is 1. The Bertz CT molecular complexity index is 576. The quantitative estimate of drug-likeness (QED) is 0.796. The molecule has 0 unspecified atom stereocenters. The number of hydrogen-bond acceptors (Lipinski definition) is 4. The second kappa shape index (κ2) is 7.17. The van der Waals surface area contributed by atoms with E-state index in [2.05, 4.69) is 10.5 Å². The van der Waals surface area contributed by atoms with Crippen molar-refractivity contribution in [2.45, 2.75) is 33.4 Å². The first-order valence-electron chi connectivity index (χ1n) is 6.83. The molecule has 21 heavy (non-hydrogen) atoms. The number of nitrogens with zero attached hydrogens (tertiary/aromatic N) is 1. The fraction of sp³-hybridized carbons (Fsp3) is 0.400. The van der Waals surface area contributed by atoms with Crippen LogP contribution in [0.2, 0.25) is 0 Å². The molecule has 2 rings (SSSR count). The number of nitrogens with one attached hydrogen (secondary N) is 1. The summed E-state index contributed by atoms with van der Waals surface area (Å²) < 4.78 is 37.8. The van der Waals surface area contributed by atoms with Gasteiger partial charge in [0.2, 0.25) is 0 Å². The minimum absolute atomic E-state index is 0.0673. The van der Waals surface area contributed by atoms with E-state index in [0.717, 1.165) is 13.0 Å². The van der Waals surface area contributed by atoms with Crippen LogP contribution in [0.4, 0.5) is 8.78 Å². The first kappa shape index (κ1) is 15.4. The Labute approximate surface area is 122 Å². The van der Waals surface area contributed by atoms with E-state index in [0.29, 0.717) is 23.6 Å². The van der Waals surface area contributed by atoms with Crippen molar-refractivity contribution in [2.75, 3.05) is 6.54 Å². The van der Waals surface area contributed by atoms with Gasteiger partial charge in [0.25, 0.3) is 0 Å². The second-order valence-electron chi connectivity index (χ2n) is 4.79. The van der Waals surface area contributed by atoms with Gasteiger partial charge in [-0.1, -0.05) is 12.1 Å². The molecule has 6 heteroatoms. The van der Waals surface area contributed by atoms with Gasteiger partial charge in [-0.3, -0.25) is 0 Å². The summed E-state index contributed by atoms with van der Waals surface area (Å²) in [6, 6.07) is 4.19. The van der Waals surface area contributed by atoms with E-state index in [-0.39, 0.29) is 6.61 Å². The number of aromatic nitrogens is 1. The second-order valence-corrected chi connectivity index (χ2v) is 4.79. The summed E-state index contributed by atoms with van der Waals surface area (Å²) in [6.07, 6.45) is 0.961. The lowest BCUT2D eigenvalue weighted by atomic mass is 10.2. The standard InChI is InChI=1S/C15H18F2N2O2/c1-3-4-18-8-11-6-13(16)15(14(17)7-11)20-9-12-5-10(2)19-21-12/h5-7,18H,3-4,8-9H2,1-2H3. The molecule has 0 aliphatic rings. The van der Waals surface area contributed by atoms with Crippen molar-refractivity contribution in [2.24, 2.45) is 0 Å². The molecule has 0 saturated carbocycles. The largest absolute Gasteiger partial charge is 0.479 e. The molecule has 0 fully saturated rings. The number of hydrogen-bond donors (Lipinski definition) is 1. The van der Waals surface area contributed by atoms with Gasteiger partial charge < -0.3 is 14.6 Å². The highest BCUT2D eigenvalue weighted by molar-refractivity contribution is 5.31. The highest BCUT2D eigenvalue weighted by Gasteiger charge is 2.14. The number of ether oxygens (including phenoxy) is 1. The molecular formula is C15H18F2N2O2. The van der Waals surface area contributed by atoms with Crippen LogP contribution in [0.3, 0.4) is 0 Å². The Balaban J connectivity index is 2.02. The minimum Gasteiger partial charge on any atom is -0.479 e. The van der Waals surface area contributed by atoms with Crippen molar-refractivity contribution in [1.82, 2.24) is 10.5 Å². The van der Waals surface area contributed by atoms with E-state index >= 15 is 0 Å². The number of rotatable bonds is 7. The predicted molar refractivity (Wildman–Crippen MR) is 73.9 cm³/mol. The highest BCUT2D eigenvalue weighted by Crippen LogP contribution is 2.24. The normalized spacial score (nSPS) is 10.9. The Morgan fingerprint density at radius 3 is 2.52 bits per heavy atom. The summed E-state index contributed by atoms with van der Waals surface area (Å²) in [6.45, 7) is 4.93. The lowest BCUT2D eigenvalue weighted by Gasteiger charge is -2.09. The molecule has 0 spiro atoms. The third kappa shape index (κ3) is 4.26. The van der Waals surface area contributed by atoms with Gasteiger partial charge in [0.1, 0.15) is 6.61 Å². The molecule has 114 valence electrons. The van der Waals surface area contributed by atoms with E-state index in [4.69, 9.17) is 9.26 Å². The average Bonchev–Trinajstić information content (AvgIpc) is 2.84. The molecule has 2 aromatic rings. The van der Waals surface area contributed by atoms with Crippen molar-refractivity contribution in [3.8, 4) is 5.75 Å². The van der Waals surface area contributed by atoms with Crippen molar-refractivity contribution < 1.29 is 18.0 Å². The molecule has 0 aliphatic heterocycles. The van der Waals surface area contributed by atoms with Crippen LogP contribution >= 0.6 is 0 Å². The lowest BCUT2D eigenvalue weighted by molar-refractivity contribution is 0.230. The molecule has 1 N–H and O–H groups in total. The van der Waals surface area contributed by atoms with Gasteiger partial charge in [0.15, 0.2) is 23.1 Å². The third-order valence-electron chi connectivity index (χ3n) is 2.85. The van der Waals surface area contributed by atoms with E-state index in [1.54, 1.807) is 13.0 Å². The first-order chi connectivity index (χ1) is 10.1. The molecule has 0 bridgehead atoms. The first-order valence-corrected chi connectivity index (χ1v) is 6.83. The summed E-state index contributed by atoms with van der Waals surface area (Å²) >= 11 is 0. The zero-order chi connectivity index (χ0) is 15.2. The zero-order valence-electron chi connectivity index (χ0n) is 12.1. The SMILES string of the molecule is CCCNCc1cc(F)c(OCc2cc(C)no2)c(F)c1. The molecule has 0 radical (unpaired) electrons. The van der Waals surface area contributed by atoms with Crippen molar-refractivity contribution in [3.05, 3.63) is 46.9 Å². The maximum Gasteiger partial charge on any atom is 0.191 e. The van der Waals surface area contributed by atoms with Gasteiger partial charge in [-0.25, -0.2) is 8.78 Å². The van der Waals surface area contributed by atoms with Crippen LogP contribution in [-0.4, -0.2) is 11.7 Å². The van der Waals surface area contributed by atoms with Crippen LogP contribution in [0.1, 0.15) is 30.4 Å². The number of aryl methyl sites for hydroxylation is 1. The van der Waals surface area contributed by atoms with Crippen molar-refractivity contribution in [1.29, 1.82) is 0 Å². The van der Waals surface area contributed by atoms with Crippen molar-refractivity contribution >= 4 is 0 Å². The minimum atomic E-state index is -0.723. The van der Waals surface area contributed by atoms with Gasteiger partial charge in [-0.05, 0) is 37.6 Å². The van der Waals surface area contributed by atoms with Gasteiger partial charge in [-0.15, -0.1) is 0 Å². The number of halogens is 2. The molecular weight excluding hydrogens is 278 g/mol. The summed E-state index contributed by atoms with van der Waals surface area (Å²) in [4.78, 5) is 0. The van der Waals surface area contributed by atoms with Gasteiger partial charge in [0.05, 0.1) is 5.69 Å². The molecule has 1 aromatic heterocycles. The van der Waals surface area contributed by atoms with E-state index < -0.39 is 17.4 Å². The maximum atomic E-state index is 13.9. The fourth-order valence-electron chi connectivity index (χ4n) is 1.89. The Morgan fingerprint density at radius 2 is 1.95 bits per heavy atom. The van der Waals surface area contributed by atoms with Crippen molar-refractivity contribution in [3.63, 3.8) is 0 Å². The summed E-state index contributed by atoms with van der Waals surface area (Å²) in [5.74, 6) is -1.43. The molecule has 0 aliphatic carbocycles. The summed E-state index contributed by atoms with van der Waals surface area (Å²) in [5, 5.41) is 6.77. The average molecular weight is 296 g/mol. The van der Waals surface area contributed by atoms with Gasteiger partial charge >= 0.3 is 0 Å². The molecule has 4 nitrogen and oxygen atoms in total. The molecule has 1 aromatic carbocycles. The third-order valence-corrected chi connectivity index (χ3v) is 2.85. The van der Waals surface area contributed by atoms with Gasteiger partial charge in [0, 0.05) is 12.6 Å². The molecule has 0 saturated heterocycles. The fourth-order valence-corrected chi connectivity index (χ4v) is 1.89. The Kier molecular flexibility index (Phi) is 5.27. The van der Waals surface area contributed by atoms with Crippen LogP contribution in [0.25, 0.3) is 0 Å². The van der Waals surface area contributed by atoms with Crippen LogP contribution in [0.5, 0.6) is 5.75 Å². The Morgan fingerprint density at radius 1 is 1.24 bits per heavy atom. The van der Waals surface area contributed by atoms with Gasteiger partial charge in [-0.2, -0.15) is 0 Å². The monoisotopic (exact) mass is 296 g/mol. The molecule has 1 heterocycles.